The third kappa shape index (κ3) is 6.58. The lowest BCUT2D eigenvalue weighted by Crippen LogP contribution is -2.41. The third-order valence-electron chi connectivity index (χ3n) is 2.63. The van der Waals surface area contributed by atoms with Crippen molar-refractivity contribution in [1.82, 2.24) is 10.2 Å². The lowest BCUT2D eigenvalue weighted by Gasteiger charge is -2.20. The van der Waals surface area contributed by atoms with Crippen LogP contribution in [0.5, 0.6) is 0 Å². The molecular formula is C12H25N3O. The number of carbonyl (C=O) groups excluding carboxylic acids is 1. The minimum absolute atomic E-state index is 0.0906. The van der Waals surface area contributed by atoms with Gasteiger partial charge in [0.25, 0.3) is 0 Å². The van der Waals surface area contributed by atoms with E-state index < -0.39 is 6.04 Å². The predicted octanol–water partition coefficient (Wildman–Crippen LogP) is 0.736. The molecule has 0 aliphatic rings. The Morgan fingerprint density at radius 2 is 2.19 bits per heavy atom. The molecule has 0 aromatic rings. The SMILES string of the molecule is C=CCC(N)C(=O)NCCCN(C)C(C)C. The summed E-state index contributed by atoms with van der Waals surface area (Å²) in [6.45, 7) is 9.52. The third-order valence-corrected chi connectivity index (χ3v) is 2.63. The van der Waals surface area contributed by atoms with Gasteiger partial charge in [0.15, 0.2) is 0 Å². The standard InChI is InChI=1S/C12H25N3O/c1-5-7-11(13)12(16)14-8-6-9-15(4)10(2)3/h5,10-11H,1,6-9,13H2,2-4H3,(H,14,16). The molecule has 0 aromatic heterocycles. The van der Waals surface area contributed by atoms with Gasteiger partial charge in [-0.15, -0.1) is 6.58 Å². The molecule has 0 rings (SSSR count). The largest absolute Gasteiger partial charge is 0.355 e. The first kappa shape index (κ1) is 15.1. The summed E-state index contributed by atoms with van der Waals surface area (Å²) in [6.07, 6.45) is 3.13. The van der Waals surface area contributed by atoms with Crippen molar-refractivity contribution < 1.29 is 4.79 Å². The van der Waals surface area contributed by atoms with Crippen LogP contribution in [0, 0.1) is 0 Å². The van der Waals surface area contributed by atoms with E-state index in [2.05, 4.69) is 37.7 Å². The van der Waals surface area contributed by atoms with Crippen LogP contribution in [0.1, 0.15) is 26.7 Å². The van der Waals surface area contributed by atoms with E-state index in [1.807, 2.05) is 0 Å². The number of nitrogens with zero attached hydrogens (tertiary/aromatic N) is 1. The van der Waals surface area contributed by atoms with Crippen LogP contribution in [-0.2, 0) is 4.79 Å². The molecule has 0 saturated heterocycles. The summed E-state index contributed by atoms with van der Waals surface area (Å²) in [7, 11) is 2.08. The Kier molecular flexibility index (Phi) is 7.85. The molecule has 0 spiro atoms. The molecule has 0 bridgehead atoms. The van der Waals surface area contributed by atoms with Gasteiger partial charge < -0.3 is 16.0 Å². The maximum absolute atomic E-state index is 11.4. The summed E-state index contributed by atoms with van der Waals surface area (Å²) in [4.78, 5) is 13.7. The fourth-order valence-electron chi connectivity index (χ4n) is 1.22. The molecule has 0 heterocycles. The summed E-state index contributed by atoms with van der Waals surface area (Å²) in [6, 6.07) is 0.0825. The van der Waals surface area contributed by atoms with Crippen LogP contribution in [0.4, 0.5) is 0 Å². The van der Waals surface area contributed by atoms with Crippen molar-refractivity contribution in [3.05, 3.63) is 12.7 Å². The van der Waals surface area contributed by atoms with Gasteiger partial charge in [-0.05, 0) is 40.3 Å². The number of nitrogens with one attached hydrogen (secondary N) is 1. The number of rotatable bonds is 8. The molecule has 1 unspecified atom stereocenters. The van der Waals surface area contributed by atoms with Gasteiger partial charge in [-0.2, -0.15) is 0 Å². The number of amides is 1. The molecule has 1 amide bonds. The van der Waals surface area contributed by atoms with Crippen molar-refractivity contribution in [1.29, 1.82) is 0 Å². The molecule has 94 valence electrons. The fourth-order valence-corrected chi connectivity index (χ4v) is 1.22. The highest BCUT2D eigenvalue weighted by Crippen LogP contribution is 1.94. The van der Waals surface area contributed by atoms with E-state index in [4.69, 9.17) is 5.73 Å². The number of nitrogens with two attached hydrogens (primary N) is 1. The monoisotopic (exact) mass is 227 g/mol. The van der Waals surface area contributed by atoms with Crippen LogP contribution in [0.2, 0.25) is 0 Å². The van der Waals surface area contributed by atoms with E-state index in [0.717, 1.165) is 13.0 Å². The lowest BCUT2D eigenvalue weighted by molar-refractivity contribution is -0.122. The van der Waals surface area contributed by atoms with E-state index in [1.165, 1.54) is 0 Å². The van der Waals surface area contributed by atoms with Crippen LogP contribution < -0.4 is 11.1 Å². The quantitative estimate of drug-likeness (QED) is 0.475. The van der Waals surface area contributed by atoms with Gasteiger partial charge in [0.05, 0.1) is 6.04 Å². The second-order valence-electron chi connectivity index (χ2n) is 4.35. The van der Waals surface area contributed by atoms with Crippen molar-refractivity contribution in [2.75, 3.05) is 20.1 Å². The Labute approximate surface area is 98.9 Å². The minimum atomic E-state index is -0.458. The van der Waals surface area contributed by atoms with Crippen LogP contribution >= 0.6 is 0 Å². The Bertz CT molecular complexity index is 216. The molecular weight excluding hydrogens is 202 g/mol. The van der Waals surface area contributed by atoms with Gasteiger partial charge >= 0.3 is 0 Å². The van der Waals surface area contributed by atoms with Gasteiger partial charge in [0, 0.05) is 12.6 Å². The van der Waals surface area contributed by atoms with E-state index in [-0.39, 0.29) is 5.91 Å². The number of hydrogen-bond acceptors (Lipinski definition) is 3. The predicted molar refractivity (Wildman–Crippen MR) is 68.2 cm³/mol. The Hall–Kier alpha value is -0.870. The molecule has 4 heteroatoms. The zero-order chi connectivity index (χ0) is 12.6. The van der Waals surface area contributed by atoms with E-state index >= 15 is 0 Å². The van der Waals surface area contributed by atoms with Crippen LogP contribution in [-0.4, -0.2) is 43.0 Å². The van der Waals surface area contributed by atoms with Crippen LogP contribution in [0.15, 0.2) is 12.7 Å². The Morgan fingerprint density at radius 3 is 2.69 bits per heavy atom. The summed E-state index contributed by atoms with van der Waals surface area (Å²) < 4.78 is 0. The zero-order valence-electron chi connectivity index (χ0n) is 10.7. The zero-order valence-corrected chi connectivity index (χ0v) is 10.7. The average molecular weight is 227 g/mol. The van der Waals surface area contributed by atoms with Gasteiger partial charge in [-0.3, -0.25) is 4.79 Å². The summed E-state index contributed by atoms with van der Waals surface area (Å²) in [5, 5.41) is 2.82. The van der Waals surface area contributed by atoms with Gasteiger partial charge in [0.2, 0.25) is 5.91 Å². The molecule has 0 aromatic carbocycles. The van der Waals surface area contributed by atoms with Crippen LogP contribution in [0.3, 0.4) is 0 Å². The highest BCUT2D eigenvalue weighted by molar-refractivity contribution is 5.81. The molecule has 1 atom stereocenters. The average Bonchev–Trinajstić information content (AvgIpc) is 2.23. The second-order valence-corrected chi connectivity index (χ2v) is 4.35. The van der Waals surface area contributed by atoms with Crippen molar-refractivity contribution in [2.24, 2.45) is 5.73 Å². The van der Waals surface area contributed by atoms with Crippen LogP contribution in [0.25, 0.3) is 0 Å². The second kappa shape index (κ2) is 8.30. The number of hydrogen-bond donors (Lipinski definition) is 2. The first-order chi connectivity index (χ1) is 7.49. The maximum atomic E-state index is 11.4. The number of carbonyl (C=O) groups is 1. The molecule has 0 aliphatic carbocycles. The topological polar surface area (TPSA) is 58.4 Å². The first-order valence-electron chi connectivity index (χ1n) is 5.83. The van der Waals surface area contributed by atoms with Gasteiger partial charge in [-0.1, -0.05) is 6.08 Å². The van der Waals surface area contributed by atoms with Gasteiger partial charge in [0.1, 0.15) is 0 Å². The first-order valence-corrected chi connectivity index (χ1v) is 5.83. The van der Waals surface area contributed by atoms with E-state index in [0.29, 0.717) is 19.0 Å². The van der Waals surface area contributed by atoms with Crippen molar-refractivity contribution in [2.45, 2.75) is 38.8 Å². The Balaban J connectivity index is 3.58. The maximum Gasteiger partial charge on any atom is 0.237 e. The van der Waals surface area contributed by atoms with E-state index in [9.17, 15) is 4.79 Å². The van der Waals surface area contributed by atoms with E-state index in [1.54, 1.807) is 6.08 Å². The highest BCUT2D eigenvalue weighted by atomic mass is 16.2. The summed E-state index contributed by atoms with van der Waals surface area (Å²) >= 11 is 0. The van der Waals surface area contributed by atoms with Crippen molar-refractivity contribution >= 4 is 5.91 Å². The molecule has 0 aliphatic heterocycles. The molecule has 0 radical (unpaired) electrons. The summed E-state index contributed by atoms with van der Waals surface area (Å²) in [5.41, 5.74) is 5.62. The minimum Gasteiger partial charge on any atom is -0.355 e. The molecule has 0 saturated carbocycles. The molecule has 16 heavy (non-hydrogen) atoms. The van der Waals surface area contributed by atoms with Gasteiger partial charge in [-0.25, -0.2) is 0 Å². The van der Waals surface area contributed by atoms with Crippen molar-refractivity contribution in [3.63, 3.8) is 0 Å². The Morgan fingerprint density at radius 1 is 1.56 bits per heavy atom. The molecule has 3 N–H and O–H groups in total. The normalized spacial score (nSPS) is 12.9. The molecule has 0 fully saturated rings. The molecule has 4 nitrogen and oxygen atoms in total. The summed E-state index contributed by atoms with van der Waals surface area (Å²) in [5.74, 6) is -0.0906. The highest BCUT2D eigenvalue weighted by Gasteiger charge is 2.10. The lowest BCUT2D eigenvalue weighted by atomic mass is 10.2. The van der Waals surface area contributed by atoms with Crippen molar-refractivity contribution in [3.8, 4) is 0 Å². The smallest absolute Gasteiger partial charge is 0.237 e. The fraction of sp³-hybridized carbons (Fsp3) is 0.750.